The van der Waals surface area contributed by atoms with Crippen LogP contribution in [0.1, 0.15) is 46.1 Å². The van der Waals surface area contributed by atoms with Crippen LogP contribution >= 0.6 is 0 Å². The number of aryl methyl sites for hydroxylation is 3. The number of amides is 1. The lowest BCUT2D eigenvalue weighted by molar-refractivity contribution is 0.0934. The first-order chi connectivity index (χ1) is 14.9. The quantitative estimate of drug-likeness (QED) is 0.515. The van der Waals surface area contributed by atoms with Crippen molar-refractivity contribution in [2.45, 2.75) is 33.7 Å². The summed E-state index contributed by atoms with van der Waals surface area (Å²) in [6.07, 6.45) is 0. The normalized spacial score (nSPS) is 11.9. The molecular weight excluding hydrogens is 386 g/mol. The van der Waals surface area contributed by atoms with E-state index in [9.17, 15) is 4.79 Å². The summed E-state index contributed by atoms with van der Waals surface area (Å²) in [6, 6.07) is 21.9. The van der Waals surface area contributed by atoms with Crippen LogP contribution in [0.4, 0.5) is 0 Å². The maximum Gasteiger partial charge on any atom is 0.272 e. The number of aromatic nitrogens is 4. The molecule has 4 aromatic rings. The van der Waals surface area contributed by atoms with E-state index in [-0.39, 0.29) is 11.9 Å². The summed E-state index contributed by atoms with van der Waals surface area (Å²) in [4.78, 5) is 21.7. The maximum absolute atomic E-state index is 12.8. The number of nitrogens with zero attached hydrogens (tertiary/aromatic N) is 4. The van der Waals surface area contributed by atoms with Gasteiger partial charge in [-0.05, 0) is 56.5 Å². The fourth-order valence-electron chi connectivity index (χ4n) is 3.54. The average molecular weight is 412 g/mol. The van der Waals surface area contributed by atoms with Crippen molar-refractivity contribution < 1.29 is 4.79 Å². The molecule has 0 aliphatic heterocycles. The van der Waals surface area contributed by atoms with Gasteiger partial charge in [-0.2, -0.15) is 5.10 Å². The Morgan fingerprint density at radius 3 is 2.13 bits per heavy atom. The van der Waals surface area contributed by atoms with Gasteiger partial charge >= 0.3 is 0 Å². The molecule has 1 atom stereocenters. The molecule has 1 amide bonds. The zero-order chi connectivity index (χ0) is 22.0. The Hall–Kier alpha value is -3.80. The molecule has 0 aliphatic carbocycles. The topological polar surface area (TPSA) is 72.7 Å². The van der Waals surface area contributed by atoms with E-state index in [1.54, 1.807) is 10.7 Å². The van der Waals surface area contributed by atoms with Crippen molar-refractivity contribution in [3.63, 3.8) is 0 Å². The Bertz CT molecular complexity index is 1190. The third kappa shape index (κ3) is 4.53. The summed E-state index contributed by atoms with van der Waals surface area (Å²) < 4.78 is 1.61. The van der Waals surface area contributed by atoms with Gasteiger partial charge in [0.25, 0.3) is 11.9 Å². The Labute approximate surface area is 182 Å². The van der Waals surface area contributed by atoms with E-state index >= 15 is 0 Å². The van der Waals surface area contributed by atoms with Gasteiger partial charge in [0.1, 0.15) is 0 Å². The molecule has 0 spiro atoms. The Balaban J connectivity index is 1.49. The second-order valence-corrected chi connectivity index (χ2v) is 7.72. The van der Waals surface area contributed by atoms with Gasteiger partial charge in [-0.3, -0.25) is 4.79 Å². The van der Waals surface area contributed by atoms with Crippen LogP contribution in [0.3, 0.4) is 0 Å². The van der Waals surface area contributed by atoms with Gasteiger partial charge in [0.15, 0.2) is 5.69 Å². The predicted molar refractivity (Wildman–Crippen MR) is 121 cm³/mol. The van der Waals surface area contributed by atoms with E-state index in [1.165, 1.54) is 5.56 Å². The number of carbonyl (C=O) groups excluding carboxylic acids is 1. The minimum absolute atomic E-state index is 0.153. The molecule has 0 bridgehead atoms. The summed E-state index contributed by atoms with van der Waals surface area (Å²) in [5, 5.41) is 7.47. The zero-order valence-electron chi connectivity index (χ0n) is 18.1. The minimum atomic E-state index is -0.231. The van der Waals surface area contributed by atoms with Crippen molar-refractivity contribution in [2.24, 2.45) is 0 Å². The molecule has 31 heavy (non-hydrogen) atoms. The van der Waals surface area contributed by atoms with Gasteiger partial charge in [0.05, 0.1) is 6.04 Å². The molecule has 6 heteroatoms. The van der Waals surface area contributed by atoms with E-state index < -0.39 is 0 Å². The molecule has 2 aromatic carbocycles. The molecule has 0 fully saturated rings. The Kier molecular flexibility index (Phi) is 5.62. The summed E-state index contributed by atoms with van der Waals surface area (Å²) in [5.41, 5.74) is 6.20. The molecule has 0 unspecified atom stereocenters. The summed E-state index contributed by atoms with van der Waals surface area (Å²) >= 11 is 0. The molecule has 4 rings (SSSR count). The summed E-state index contributed by atoms with van der Waals surface area (Å²) in [7, 11) is 0. The number of benzene rings is 2. The molecule has 0 aliphatic rings. The molecule has 2 heterocycles. The number of hydrogen-bond donors (Lipinski definition) is 1. The molecular formula is C25H25N5O. The lowest BCUT2D eigenvalue weighted by Gasteiger charge is -2.14. The van der Waals surface area contributed by atoms with Gasteiger partial charge in [-0.15, -0.1) is 0 Å². The van der Waals surface area contributed by atoms with E-state index in [0.29, 0.717) is 11.6 Å². The lowest BCUT2D eigenvalue weighted by atomic mass is 10.0. The largest absolute Gasteiger partial charge is 0.344 e. The Morgan fingerprint density at radius 2 is 1.48 bits per heavy atom. The molecule has 0 saturated carbocycles. The van der Waals surface area contributed by atoms with Gasteiger partial charge in [-0.1, -0.05) is 54.6 Å². The van der Waals surface area contributed by atoms with Crippen molar-refractivity contribution in [1.82, 2.24) is 25.1 Å². The van der Waals surface area contributed by atoms with Crippen LogP contribution in [0.5, 0.6) is 0 Å². The molecule has 2 aromatic heterocycles. The van der Waals surface area contributed by atoms with E-state index in [2.05, 4.69) is 44.6 Å². The van der Waals surface area contributed by atoms with Gasteiger partial charge in [-0.25, -0.2) is 14.6 Å². The van der Waals surface area contributed by atoms with Crippen molar-refractivity contribution in [3.05, 3.63) is 95.1 Å². The van der Waals surface area contributed by atoms with Crippen molar-refractivity contribution in [1.29, 1.82) is 0 Å². The standard InChI is InChI=1S/C25H25N5O/c1-16-14-17(2)27-25(26-16)30-18(3)15-23(29-30)24(31)28-19(4)20-10-12-22(13-11-20)21-8-6-5-7-9-21/h5-15,19H,1-4H3,(H,28,31)/t19-/m0/s1. The predicted octanol–water partition coefficient (Wildman–Crippen LogP) is 4.75. The highest BCUT2D eigenvalue weighted by Crippen LogP contribution is 2.22. The van der Waals surface area contributed by atoms with Crippen molar-refractivity contribution >= 4 is 5.91 Å². The molecule has 6 nitrogen and oxygen atoms in total. The van der Waals surface area contributed by atoms with Crippen LogP contribution < -0.4 is 5.32 Å². The van der Waals surface area contributed by atoms with E-state index in [0.717, 1.165) is 28.2 Å². The number of hydrogen-bond acceptors (Lipinski definition) is 4. The number of carbonyl (C=O) groups is 1. The fraction of sp³-hybridized carbons (Fsp3) is 0.200. The van der Waals surface area contributed by atoms with E-state index in [1.807, 2.05) is 64.1 Å². The fourth-order valence-corrected chi connectivity index (χ4v) is 3.54. The second kappa shape index (κ2) is 8.52. The zero-order valence-corrected chi connectivity index (χ0v) is 18.1. The molecule has 1 N–H and O–H groups in total. The number of rotatable bonds is 5. The molecule has 0 saturated heterocycles. The van der Waals surface area contributed by atoms with Gasteiger partial charge in [0, 0.05) is 17.1 Å². The highest BCUT2D eigenvalue weighted by Gasteiger charge is 2.17. The number of nitrogens with one attached hydrogen (secondary N) is 1. The SMILES string of the molecule is Cc1cc(C)nc(-n2nc(C(=O)N[C@@H](C)c3ccc(-c4ccccc4)cc3)cc2C)n1. The molecule has 0 radical (unpaired) electrons. The molecule has 156 valence electrons. The third-order valence-corrected chi connectivity index (χ3v) is 5.15. The van der Waals surface area contributed by atoms with E-state index in [4.69, 9.17) is 0 Å². The Morgan fingerprint density at radius 1 is 0.871 bits per heavy atom. The monoisotopic (exact) mass is 411 g/mol. The van der Waals surface area contributed by atoms with Crippen LogP contribution in [0.15, 0.2) is 66.7 Å². The van der Waals surface area contributed by atoms with Crippen LogP contribution in [-0.2, 0) is 0 Å². The van der Waals surface area contributed by atoms with Crippen LogP contribution in [0.2, 0.25) is 0 Å². The first-order valence-corrected chi connectivity index (χ1v) is 10.3. The summed E-state index contributed by atoms with van der Waals surface area (Å²) in [6.45, 7) is 7.67. The summed E-state index contributed by atoms with van der Waals surface area (Å²) in [5.74, 6) is 0.240. The van der Waals surface area contributed by atoms with Crippen molar-refractivity contribution in [2.75, 3.05) is 0 Å². The minimum Gasteiger partial charge on any atom is -0.344 e. The highest BCUT2D eigenvalue weighted by molar-refractivity contribution is 5.92. The van der Waals surface area contributed by atoms with Gasteiger partial charge < -0.3 is 5.32 Å². The smallest absolute Gasteiger partial charge is 0.272 e. The average Bonchev–Trinajstić information content (AvgIpc) is 3.15. The van der Waals surface area contributed by atoms with Crippen LogP contribution in [-0.4, -0.2) is 25.7 Å². The first kappa shape index (κ1) is 20.5. The van der Waals surface area contributed by atoms with Gasteiger partial charge in [0.2, 0.25) is 0 Å². The van der Waals surface area contributed by atoms with Crippen molar-refractivity contribution in [3.8, 4) is 17.1 Å². The van der Waals surface area contributed by atoms with Crippen LogP contribution in [0.25, 0.3) is 17.1 Å². The first-order valence-electron chi connectivity index (χ1n) is 10.3. The lowest BCUT2D eigenvalue weighted by Crippen LogP contribution is -2.27. The maximum atomic E-state index is 12.8. The highest BCUT2D eigenvalue weighted by atomic mass is 16.2. The third-order valence-electron chi connectivity index (χ3n) is 5.15. The second-order valence-electron chi connectivity index (χ2n) is 7.72. The van der Waals surface area contributed by atoms with Crippen LogP contribution in [0, 0.1) is 20.8 Å².